The van der Waals surface area contributed by atoms with Gasteiger partial charge in [0.15, 0.2) is 0 Å². The van der Waals surface area contributed by atoms with Crippen molar-refractivity contribution in [3.05, 3.63) is 42.0 Å². The van der Waals surface area contributed by atoms with Gasteiger partial charge < -0.3 is 4.52 Å². The van der Waals surface area contributed by atoms with Crippen molar-refractivity contribution in [2.45, 2.75) is 24.4 Å². The third-order valence-electron chi connectivity index (χ3n) is 3.55. The van der Waals surface area contributed by atoms with E-state index in [2.05, 4.69) is 18.2 Å². The minimum absolute atomic E-state index is 0.174. The van der Waals surface area contributed by atoms with Crippen molar-refractivity contribution >= 4 is 7.37 Å². The molecule has 2 aliphatic rings. The van der Waals surface area contributed by atoms with Crippen LogP contribution in [0, 0.1) is 0 Å². The summed E-state index contributed by atoms with van der Waals surface area (Å²) in [5.41, 5.74) is 1.36. The number of hydrogen-bond acceptors (Lipinski definition) is 2. The number of hydrogen-bond donors (Lipinski definition) is 0. The molecule has 1 aromatic rings. The fourth-order valence-corrected chi connectivity index (χ4v) is 4.91. The number of fused-ring (bicyclic) bond motifs is 3. The molecule has 2 nitrogen and oxygen atoms in total. The fraction of sp³-hybridized carbons (Fsp3) is 0.385. The highest BCUT2D eigenvalue weighted by molar-refractivity contribution is 7.59. The summed E-state index contributed by atoms with van der Waals surface area (Å²) >= 11 is 0. The number of para-hydroxylation sites is 1. The van der Waals surface area contributed by atoms with E-state index in [1.165, 1.54) is 5.56 Å². The molecule has 0 amide bonds. The SMILES string of the molecule is C[P@@]1(=O)Oc2ccccc2C2C=CCCC21. The lowest BCUT2D eigenvalue weighted by Crippen LogP contribution is -2.26. The Morgan fingerprint density at radius 2 is 2.19 bits per heavy atom. The predicted octanol–water partition coefficient (Wildman–Crippen LogP) is 3.79. The minimum Gasteiger partial charge on any atom is -0.442 e. The maximum absolute atomic E-state index is 12.5. The van der Waals surface area contributed by atoms with Crippen molar-refractivity contribution in [3.8, 4) is 5.75 Å². The second-order valence-electron chi connectivity index (χ2n) is 4.64. The highest BCUT2D eigenvalue weighted by Gasteiger charge is 2.42. The molecule has 3 atom stereocenters. The summed E-state index contributed by atoms with van der Waals surface area (Å²) in [7, 11) is -2.50. The van der Waals surface area contributed by atoms with Crippen molar-refractivity contribution < 1.29 is 9.09 Å². The predicted molar refractivity (Wildman–Crippen MR) is 65.5 cm³/mol. The van der Waals surface area contributed by atoms with Crippen LogP contribution in [0.2, 0.25) is 0 Å². The molecule has 0 fully saturated rings. The molecule has 1 aliphatic carbocycles. The maximum Gasteiger partial charge on any atom is 0.248 e. The summed E-state index contributed by atoms with van der Waals surface area (Å²) < 4.78 is 18.2. The molecule has 0 bridgehead atoms. The van der Waals surface area contributed by atoms with Crippen molar-refractivity contribution in [2.75, 3.05) is 6.66 Å². The van der Waals surface area contributed by atoms with E-state index >= 15 is 0 Å². The average molecular weight is 234 g/mol. The van der Waals surface area contributed by atoms with Crippen LogP contribution in [-0.4, -0.2) is 12.3 Å². The number of allylic oxidation sites excluding steroid dienone is 2. The van der Waals surface area contributed by atoms with Gasteiger partial charge in [-0.25, -0.2) is 0 Å². The third kappa shape index (κ3) is 1.44. The molecule has 16 heavy (non-hydrogen) atoms. The Balaban J connectivity index is 2.17. The number of benzene rings is 1. The zero-order valence-corrected chi connectivity index (χ0v) is 10.2. The molecule has 1 aliphatic heterocycles. The van der Waals surface area contributed by atoms with Gasteiger partial charge in [0.2, 0.25) is 7.37 Å². The maximum atomic E-state index is 12.5. The van der Waals surface area contributed by atoms with Crippen LogP contribution in [0.4, 0.5) is 0 Å². The van der Waals surface area contributed by atoms with E-state index < -0.39 is 7.37 Å². The van der Waals surface area contributed by atoms with Gasteiger partial charge in [0.1, 0.15) is 5.75 Å². The molecule has 1 heterocycles. The second kappa shape index (κ2) is 3.49. The molecule has 0 saturated carbocycles. The van der Waals surface area contributed by atoms with Crippen LogP contribution in [0.3, 0.4) is 0 Å². The first-order valence-electron chi connectivity index (χ1n) is 5.71. The molecule has 0 N–H and O–H groups in total. The van der Waals surface area contributed by atoms with Gasteiger partial charge in [0.25, 0.3) is 0 Å². The van der Waals surface area contributed by atoms with E-state index in [0.29, 0.717) is 0 Å². The van der Waals surface area contributed by atoms with Crippen molar-refractivity contribution in [1.29, 1.82) is 0 Å². The van der Waals surface area contributed by atoms with E-state index in [1.54, 1.807) is 6.66 Å². The largest absolute Gasteiger partial charge is 0.442 e. The van der Waals surface area contributed by atoms with Gasteiger partial charge >= 0.3 is 0 Å². The first-order valence-corrected chi connectivity index (χ1v) is 7.85. The summed E-state index contributed by atoms with van der Waals surface area (Å²) in [6, 6.07) is 7.96. The summed E-state index contributed by atoms with van der Waals surface area (Å²) in [5.74, 6) is 1.09. The minimum atomic E-state index is -2.50. The van der Waals surface area contributed by atoms with Crippen LogP contribution < -0.4 is 4.52 Å². The highest BCUT2D eigenvalue weighted by Crippen LogP contribution is 2.61. The Morgan fingerprint density at radius 1 is 1.38 bits per heavy atom. The van der Waals surface area contributed by atoms with Gasteiger partial charge in [-0.05, 0) is 18.9 Å². The van der Waals surface area contributed by atoms with E-state index in [0.717, 1.165) is 18.6 Å². The van der Waals surface area contributed by atoms with E-state index in [1.807, 2.05) is 18.2 Å². The van der Waals surface area contributed by atoms with Crippen molar-refractivity contribution in [1.82, 2.24) is 0 Å². The average Bonchev–Trinajstić information content (AvgIpc) is 2.29. The lowest BCUT2D eigenvalue weighted by Gasteiger charge is -2.38. The molecule has 0 radical (unpaired) electrons. The lowest BCUT2D eigenvalue weighted by atomic mass is 9.88. The van der Waals surface area contributed by atoms with E-state index in [-0.39, 0.29) is 11.6 Å². The Morgan fingerprint density at radius 3 is 3.06 bits per heavy atom. The Kier molecular flexibility index (Phi) is 2.22. The second-order valence-corrected chi connectivity index (χ2v) is 7.30. The zero-order chi connectivity index (χ0) is 11.2. The van der Waals surface area contributed by atoms with E-state index in [4.69, 9.17) is 4.52 Å². The number of rotatable bonds is 0. The zero-order valence-electron chi connectivity index (χ0n) is 9.30. The fourth-order valence-electron chi connectivity index (χ4n) is 2.76. The quantitative estimate of drug-likeness (QED) is 0.504. The van der Waals surface area contributed by atoms with Gasteiger partial charge in [0.05, 0.1) is 5.66 Å². The van der Waals surface area contributed by atoms with Crippen LogP contribution in [0.25, 0.3) is 0 Å². The van der Waals surface area contributed by atoms with Gasteiger partial charge in [-0.3, -0.25) is 4.57 Å². The summed E-state index contributed by atoms with van der Waals surface area (Å²) in [4.78, 5) is 0. The Bertz CT molecular complexity index is 492. The molecule has 3 heteroatoms. The molecular weight excluding hydrogens is 219 g/mol. The topological polar surface area (TPSA) is 26.3 Å². The van der Waals surface area contributed by atoms with Gasteiger partial charge in [0, 0.05) is 18.1 Å². The van der Waals surface area contributed by atoms with Crippen molar-refractivity contribution in [3.63, 3.8) is 0 Å². The molecule has 3 rings (SSSR count). The Labute approximate surface area is 95.8 Å². The molecule has 0 spiro atoms. The standard InChI is InChI=1S/C13H15O2P/c1-16(14)13-9-5-3-7-11(13)10-6-2-4-8-12(10)15-16/h2-4,6-8,11,13H,5,9H2,1H3/t11?,13?,16-/m1/s1. The van der Waals surface area contributed by atoms with Crippen molar-refractivity contribution in [2.24, 2.45) is 0 Å². The van der Waals surface area contributed by atoms with Crippen LogP contribution in [0.1, 0.15) is 24.3 Å². The molecule has 0 aromatic heterocycles. The molecule has 2 unspecified atom stereocenters. The normalized spacial score (nSPS) is 36.1. The van der Waals surface area contributed by atoms with Gasteiger partial charge in [-0.15, -0.1) is 0 Å². The molecular formula is C13H15O2P. The van der Waals surface area contributed by atoms with Gasteiger partial charge in [-0.1, -0.05) is 30.4 Å². The molecule has 1 aromatic carbocycles. The monoisotopic (exact) mass is 234 g/mol. The van der Waals surface area contributed by atoms with Gasteiger partial charge in [-0.2, -0.15) is 0 Å². The van der Waals surface area contributed by atoms with Crippen LogP contribution >= 0.6 is 7.37 Å². The smallest absolute Gasteiger partial charge is 0.248 e. The van der Waals surface area contributed by atoms with Crippen LogP contribution in [-0.2, 0) is 4.57 Å². The summed E-state index contributed by atoms with van der Waals surface area (Å²) in [5, 5.41) is 0. The van der Waals surface area contributed by atoms with Crippen LogP contribution in [0.15, 0.2) is 36.4 Å². The van der Waals surface area contributed by atoms with E-state index in [9.17, 15) is 4.57 Å². The third-order valence-corrected chi connectivity index (χ3v) is 5.89. The summed E-state index contributed by atoms with van der Waals surface area (Å²) in [6.45, 7) is 1.78. The first-order chi connectivity index (χ1) is 7.68. The van der Waals surface area contributed by atoms with Crippen LogP contribution in [0.5, 0.6) is 5.75 Å². The summed E-state index contributed by atoms with van der Waals surface area (Å²) in [6.07, 6.45) is 6.39. The highest BCUT2D eigenvalue weighted by atomic mass is 31.2. The molecule has 0 saturated heterocycles. The lowest BCUT2D eigenvalue weighted by molar-refractivity contribution is 0.434. The molecule has 84 valence electrons. The first kappa shape index (κ1) is 10.2. The Hall–Kier alpha value is -1.01.